The number of nitrogens with one attached hydrogen (secondary N) is 1. The molecule has 0 spiro atoms. The molecular formula is C33H37N3O. The average Bonchev–Trinajstić information content (AvgIpc) is 3.18. The van der Waals surface area contributed by atoms with Gasteiger partial charge in [0.2, 0.25) is 5.62 Å². The Balaban J connectivity index is 1.50. The Labute approximate surface area is 219 Å². The fourth-order valence-electron chi connectivity index (χ4n) is 5.10. The second kappa shape index (κ2) is 11.2. The molecule has 0 bridgehead atoms. The second-order valence-electron chi connectivity index (χ2n) is 10.4. The van der Waals surface area contributed by atoms with E-state index < -0.39 is 0 Å². The predicted octanol–water partition coefficient (Wildman–Crippen LogP) is 5.10. The van der Waals surface area contributed by atoms with Crippen molar-refractivity contribution >= 4 is 12.2 Å². The largest absolute Gasteiger partial charge is 0.375 e. The standard InChI is InChI=1S/C33H37N3O/c1-24-8-14-27(15-9-24)20-30(23-37-22-29-18-12-26(3)13-19-29)36-32-7-5-4-6-31(32)35(33(36)34)21-28-16-10-25(2)11-17-28/h6-19,30,34H,4-5,20-23H2,1-3H3. The lowest BCUT2D eigenvalue weighted by Crippen LogP contribution is -2.38. The molecule has 37 heavy (non-hydrogen) atoms. The summed E-state index contributed by atoms with van der Waals surface area (Å²) >= 11 is 0. The Morgan fingerprint density at radius 1 is 0.703 bits per heavy atom. The first-order chi connectivity index (χ1) is 18.0. The maximum Gasteiger partial charge on any atom is 0.203 e. The van der Waals surface area contributed by atoms with E-state index >= 15 is 0 Å². The number of hydrogen-bond donors (Lipinski definition) is 1. The number of rotatable bonds is 9. The lowest BCUT2D eigenvalue weighted by molar-refractivity contribution is 0.0874. The molecular weight excluding hydrogens is 454 g/mol. The molecule has 1 atom stereocenters. The van der Waals surface area contributed by atoms with Crippen LogP contribution >= 0.6 is 0 Å². The maximum absolute atomic E-state index is 9.32. The summed E-state index contributed by atoms with van der Waals surface area (Å²) in [6, 6.07) is 26.0. The zero-order valence-electron chi connectivity index (χ0n) is 22.2. The third-order valence-electron chi connectivity index (χ3n) is 7.26. The van der Waals surface area contributed by atoms with Gasteiger partial charge in [-0.2, -0.15) is 0 Å². The zero-order chi connectivity index (χ0) is 25.8. The Hall–Kier alpha value is -3.63. The molecule has 0 saturated heterocycles. The van der Waals surface area contributed by atoms with Crippen LogP contribution in [0.15, 0.2) is 72.8 Å². The van der Waals surface area contributed by atoms with Crippen molar-refractivity contribution < 1.29 is 4.74 Å². The van der Waals surface area contributed by atoms with Gasteiger partial charge in [0.25, 0.3) is 0 Å². The Morgan fingerprint density at radius 2 is 1.22 bits per heavy atom. The second-order valence-corrected chi connectivity index (χ2v) is 10.4. The molecule has 0 radical (unpaired) electrons. The van der Waals surface area contributed by atoms with E-state index in [0.29, 0.717) is 25.4 Å². The van der Waals surface area contributed by atoms with E-state index in [9.17, 15) is 5.41 Å². The van der Waals surface area contributed by atoms with Crippen LogP contribution < -0.4 is 16.3 Å². The van der Waals surface area contributed by atoms with E-state index in [0.717, 1.165) is 30.0 Å². The summed E-state index contributed by atoms with van der Waals surface area (Å²) in [5, 5.41) is 11.6. The highest BCUT2D eigenvalue weighted by Gasteiger charge is 2.19. The summed E-state index contributed by atoms with van der Waals surface area (Å²) in [5.74, 6) is 0. The minimum Gasteiger partial charge on any atom is -0.375 e. The number of aryl methyl sites for hydroxylation is 3. The van der Waals surface area contributed by atoms with Crippen LogP contribution in [0.2, 0.25) is 0 Å². The van der Waals surface area contributed by atoms with Crippen LogP contribution in [-0.2, 0) is 24.3 Å². The molecule has 0 aliphatic heterocycles. The van der Waals surface area contributed by atoms with Crippen molar-refractivity contribution in [2.24, 2.45) is 0 Å². The minimum absolute atomic E-state index is 0.0245. The van der Waals surface area contributed by atoms with Gasteiger partial charge in [-0.05, 0) is 56.7 Å². The first-order valence-electron chi connectivity index (χ1n) is 13.3. The molecule has 4 heteroatoms. The molecule has 1 aliphatic carbocycles. The molecule has 0 saturated carbocycles. The number of imidazole rings is 1. The van der Waals surface area contributed by atoms with Crippen molar-refractivity contribution in [1.29, 1.82) is 5.41 Å². The molecule has 1 N–H and O–H groups in total. The molecule has 1 aliphatic rings. The molecule has 190 valence electrons. The molecule has 1 unspecified atom stereocenters. The van der Waals surface area contributed by atoms with Crippen molar-refractivity contribution in [1.82, 2.24) is 9.13 Å². The number of fused-ring (bicyclic) bond motifs is 1. The quantitative estimate of drug-likeness (QED) is 0.348. The summed E-state index contributed by atoms with van der Waals surface area (Å²) < 4.78 is 10.7. The van der Waals surface area contributed by atoms with Gasteiger partial charge in [-0.25, -0.2) is 0 Å². The van der Waals surface area contributed by atoms with Crippen LogP contribution in [0.4, 0.5) is 0 Å². The van der Waals surface area contributed by atoms with Crippen molar-refractivity contribution in [2.75, 3.05) is 6.61 Å². The summed E-state index contributed by atoms with van der Waals surface area (Å²) in [7, 11) is 0. The molecule has 0 fully saturated rings. The van der Waals surface area contributed by atoms with Gasteiger partial charge in [-0.1, -0.05) is 102 Å². The first kappa shape index (κ1) is 25.0. The van der Waals surface area contributed by atoms with Crippen molar-refractivity contribution in [3.05, 3.63) is 122 Å². The number of benzene rings is 3. The molecule has 3 aromatic carbocycles. The van der Waals surface area contributed by atoms with Gasteiger partial charge in [0.1, 0.15) is 0 Å². The lowest BCUT2D eigenvalue weighted by Gasteiger charge is -2.20. The number of aromatic nitrogens is 2. The lowest BCUT2D eigenvalue weighted by atomic mass is 10.0. The number of nitrogens with zero attached hydrogens (tertiary/aromatic N) is 2. The summed E-state index contributed by atoms with van der Waals surface area (Å²) in [5.41, 5.74) is 7.96. The zero-order valence-corrected chi connectivity index (χ0v) is 22.2. The van der Waals surface area contributed by atoms with Crippen LogP contribution in [0, 0.1) is 26.2 Å². The summed E-state index contributed by atoms with van der Waals surface area (Å²) in [4.78, 5) is 0. The molecule has 0 amide bonds. The molecule has 5 rings (SSSR count). The highest BCUT2D eigenvalue weighted by molar-refractivity contribution is 5.35. The predicted molar refractivity (Wildman–Crippen MR) is 151 cm³/mol. The highest BCUT2D eigenvalue weighted by Crippen LogP contribution is 2.15. The van der Waals surface area contributed by atoms with Crippen molar-refractivity contribution in [2.45, 2.75) is 59.2 Å². The molecule has 1 heterocycles. The Kier molecular flexibility index (Phi) is 7.57. The third-order valence-corrected chi connectivity index (χ3v) is 7.26. The number of hydrogen-bond acceptors (Lipinski definition) is 2. The van der Waals surface area contributed by atoms with E-state index in [1.807, 2.05) is 0 Å². The normalized spacial score (nSPS) is 13.5. The van der Waals surface area contributed by atoms with E-state index in [4.69, 9.17) is 4.74 Å². The molecule has 4 aromatic rings. The van der Waals surface area contributed by atoms with E-state index in [1.165, 1.54) is 33.4 Å². The van der Waals surface area contributed by atoms with Gasteiger partial charge in [-0.3, -0.25) is 5.41 Å². The van der Waals surface area contributed by atoms with Gasteiger partial charge in [0.05, 0.1) is 36.5 Å². The highest BCUT2D eigenvalue weighted by atomic mass is 16.5. The van der Waals surface area contributed by atoms with Crippen molar-refractivity contribution in [3.63, 3.8) is 0 Å². The van der Waals surface area contributed by atoms with Gasteiger partial charge >= 0.3 is 0 Å². The SMILES string of the molecule is Cc1ccc(COCC(Cc2ccc(C)cc2)n2c3c(n(Cc4ccc(C)cc4)c2=N)=CCCC=3)cc1. The van der Waals surface area contributed by atoms with Crippen LogP contribution in [0.1, 0.15) is 52.3 Å². The van der Waals surface area contributed by atoms with Gasteiger partial charge in [0.15, 0.2) is 0 Å². The minimum atomic E-state index is 0.0245. The monoisotopic (exact) mass is 491 g/mol. The van der Waals surface area contributed by atoms with Crippen LogP contribution in [0.3, 0.4) is 0 Å². The smallest absolute Gasteiger partial charge is 0.203 e. The molecule has 4 nitrogen and oxygen atoms in total. The first-order valence-corrected chi connectivity index (χ1v) is 13.3. The van der Waals surface area contributed by atoms with Crippen LogP contribution in [0.5, 0.6) is 0 Å². The van der Waals surface area contributed by atoms with E-state index in [1.54, 1.807) is 0 Å². The number of ether oxygens (including phenoxy) is 1. The van der Waals surface area contributed by atoms with Gasteiger partial charge in [-0.15, -0.1) is 0 Å². The summed E-state index contributed by atoms with van der Waals surface area (Å²) in [6.07, 6.45) is 7.44. The topological polar surface area (TPSA) is 42.9 Å². The maximum atomic E-state index is 9.32. The van der Waals surface area contributed by atoms with Gasteiger partial charge in [0, 0.05) is 0 Å². The average molecular weight is 492 g/mol. The molecule has 1 aromatic heterocycles. The fourth-order valence-corrected chi connectivity index (χ4v) is 5.10. The Bertz CT molecular complexity index is 1520. The van der Waals surface area contributed by atoms with Crippen LogP contribution in [-0.4, -0.2) is 15.7 Å². The summed E-state index contributed by atoms with van der Waals surface area (Å²) in [6.45, 7) is 8.15. The van der Waals surface area contributed by atoms with E-state index in [2.05, 4.69) is 115 Å². The van der Waals surface area contributed by atoms with Crippen LogP contribution in [0.25, 0.3) is 12.2 Å². The third kappa shape index (κ3) is 5.86. The van der Waals surface area contributed by atoms with E-state index in [-0.39, 0.29) is 6.04 Å². The van der Waals surface area contributed by atoms with Gasteiger partial charge < -0.3 is 13.9 Å². The van der Waals surface area contributed by atoms with Crippen molar-refractivity contribution in [3.8, 4) is 0 Å². The Morgan fingerprint density at radius 3 is 1.81 bits per heavy atom. The fraction of sp³-hybridized carbons (Fsp3) is 0.303.